The van der Waals surface area contributed by atoms with Gasteiger partial charge in [0.2, 0.25) is 0 Å². The maximum Gasteiger partial charge on any atom is 0.404 e. The number of hydrogen-bond acceptors (Lipinski definition) is 5. The van der Waals surface area contributed by atoms with Crippen molar-refractivity contribution in [1.29, 1.82) is 0 Å². The van der Waals surface area contributed by atoms with E-state index in [9.17, 15) is 9.59 Å². The number of carbonyl (C=O) groups is 2. The summed E-state index contributed by atoms with van der Waals surface area (Å²) in [5.41, 5.74) is 10.2. The molecule has 15 heavy (non-hydrogen) atoms. The van der Waals surface area contributed by atoms with Gasteiger partial charge in [-0.25, -0.2) is 9.59 Å². The average Bonchev–Trinajstić information content (AvgIpc) is 2.11. The molecule has 6 nitrogen and oxygen atoms in total. The van der Waals surface area contributed by atoms with Crippen molar-refractivity contribution in [3.8, 4) is 0 Å². The number of hydrogen-bond donors (Lipinski definition) is 2. The molecule has 0 heterocycles. The lowest BCUT2D eigenvalue weighted by Crippen LogP contribution is -2.18. The molecule has 0 spiro atoms. The van der Waals surface area contributed by atoms with E-state index in [0.29, 0.717) is 6.61 Å². The highest BCUT2D eigenvalue weighted by Gasteiger charge is 2.03. The van der Waals surface area contributed by atoms with E-state index in [2.05, 4.69) is 4.74 Å². The summed E-state index contributed by atoms with van der Waals surface area (Å²) in [6.45, 7) is 3.93. The van der Waals surface area contributed by atoms with E-state index in [1.807, 2.05) is 13.8 Å². The van der Waals surface area contributed by atoms with Gasteiger partial charge in [0.25, 0.3) is 0 Å². The van der Waals surface area contributed by atoms with Gasteiger partial charge in [-0.1, -0.05) is 13.8 Å². The number of primary amides is 1. The lowest BCUT2D eigenvalue weighted by molar-refractivity contribution is -0.138. The van der Waals surface area contributed by atoms with Crippen LogP contribution >= 0.6 is 0 Å². The zero-order valence-corrected chi connectivity index (χ0v) is 8.86. The molecule has 6 heteroatoms. The fraction of sp³-hybridized carbons (Fsp3) is 0.556. The quantitative estimate of drug-likeness (QED) is 0.501. The van der Waals surface area contributed by atoms with Gasteiger partial charge in [-0.2, -0.15) is 0 Å². The molecule has 0 aromatic carbocycles. The SMILES string of the molecule is CC(C)COC(=O)/C=C(\N)COC(N)=O. The Morgan fingerprint density at radius 3 is 2.33 bits per heavy atom. The number of ether oxygens (including phenoxy) is 2. The predicted molar refractivity (Wildman–Crippen MR) is 53.6 cm³/mol. The first-order chi connectivity index (χ1) is 6.91. The van der Waals surface area contributed by atoms with E-state index >= 15 is 0 Å². The number of nitrogens with two attached hydrogens (primary N) is 2. The third kappa shape index (κ3) is 8.61. The summed E-state index contributed by atoms with van der Waals surface area (Å²) in [6, 6.07) is 0. The van der Waals surface area contributed by atoms with Crippen molar-refractivity contribution >= 4 is 12.1 Å². The van der Waals surface area contributed by atoms with Gasteiger partial charge in [-0.15, -0.1) is 0 Å². The van der Waals surface area contributed by atoms with Gasteiger partial charge in [-0.3, -0.25) is 0 Å². The van der Waals surface area contributed by atoms with Crippen molar-refractivity contribution in [2.45, 2.75) is 13.8 Å². The lowest BCUT2D eigenvalue weighted by Gasteiger charge is -2.05. The Bertz CT molecular complexity index is 261. The first-order valence-corrected chi connectivity index (χ1v) is 4.47. The molecule has 0 unspecified atom stereocenters. The van der Waals surface area contributed by atoms with Crippen LogP contribution in [0, 0.1) is 5.92 Å². The summed E-state index contributed by atoms with van der Waals surface area (Å²) < 4.78 is 9.18. The normalized spacial score (nSPS) is 11.3. The fourth-order valence-corrected chi connectivity index (χ4v) is 0.638. The number of rotatable bonds is 5. The van der Waals surface area contributed by atoms with Crippen LogP contribution < -0.4 is 11.5 Å². The second kappa shape index (κ2) is 6.69. The van der Waals surface area contributed by atoms with Crippen molar-refractivity contribution < 1.29 is 19.1 Å². The van der Waals surface area contributed by atoms with Gasteiger partial charge >= 0.3 is 12.1 Å². The Morgan fingerprint density at radius 2 is 1.87 bits per heavy atom. The second-order valence-corrected chi connectivity index (χ2v) is 3.35. The van der Waals surface area contributed by atoms with Crippen molar-refractivity contribution in [2.75, 3.05) is 13.2 Å². The molecule has 0 aliphatic heterocycles. The Labute approximate surface area is 88.2 Å². The third-order valence-corrected chi connectivity index (χ3v) is 1.24. The maximum atomic E-state index is 11.1. The minimum atomic E-state index is -0.943. The van der Waals surface area contributed by atoms with Crippen LogP contribution in [0.4, 0.5) is 4.79 Å². The molecule has 0 radical (unpaired) electrons. The molecule has 4 N–H and O–H groups in total. The minimum Gasteiger partial charge on any atom is -0.462 e. The van der Waals surface area contributed by atoms with Crippen molar-refractivity contribution in [3.63, 3.8) is 0 Å². The third-order valence-electron chi connectivity index (χ3n) is 1.24. The lowest BCUT2D eigenvalue weighted by atomic mass is 10.2. The summed E-state index contributed by atoms with van der Waals surface area (Å²) in [5, 5.41) is 0. The first kappa shape index (κ1) is 13.3. The second-order valence-electron chi connectivity index (χ2n) is 3.35. The van der Waals surface area contributed by atoms with Gasteiger partial charge < -0.3 is 20.9 Å². The van der Waals surface area contributed by atoms with Gasteiger partial charge in [0.1, 0.15) is 6.61 Å². The highest BCUT2D eigenvalue weighted by molar-refractivity contribution is 5.82. The van der Waals surface area contributed by atoms with Gasteiger partial charge in [0, 0.05) is 6.08 Å². The van der Waals surface area contributed by atoms with Crippen molar-refractivity contribution in [2.24, 2.45) is 17.4 Å². The summed E-state index contributed by atoms with van der Waals surface area (Å²) in [4.78, 5) is 21.3. The molecule has 86 valence electrons. The molecule has 0 saturated heterocycles. The van der Waals surface area contributed by atoms with Gasteiger partial charge in [-0.05, 0) is 5.92 Å². The van der Waals surface area contributed by atoms with E-state index in [4.69, 9.17) is 16.2 Å². The van der Waals surface area contributed by atoms with E-state index in [-0.39, 0.29) is 18.2 Å². The Morgan fingerprint density at radius 1 is 1.27 bits per heavy atom. The minimum absolute atomic E-state index is 0.0857. The maximum absolute atomic E-state index is 11.1. The van der Waals surface area contributed by atoms with Crippen LogP contribution in [0.2, 0.25) is 0 Å². The largest absolute Gasteiger partial charge is 0.462 e. The van der Waals surface area contributed by atoms with Crippen LogP contribution in [0.5, 0.6) is 0 Å². The molecule has 0 aromatic heterocycles. The highest BCUT2D eigenvalue weighted by Crippen LogP contribution is 1.95. The van der Waals surface area contributed by atoms with E-state index < -0.39 is 12.1 Å². The van der Waals surface area contributed by atoms with Crippen LogP contribution in [0.3, 0.4) is 0 Å². The van der Waals surface area contributed by atoms with Crippen molar-refractivity contribution in [3.05, 3.63) is 11.8 Å². The van der Waals surface area contributed by atoms with E-state index in [1.165, 1.54) is 0 Å². The predicted octanol–water partition coefficient (Wildman–Crippen LogP) is 0.124. The van der Waals surface area contributed by atoms with Crippen LogP contribution in [-0.4, -0.2) is 25.3 Å². The molecule has 0 aromatic rings. The fourth-order valence-electron chi connectivity index (χ4n) is 0.638. The van der Waals surface area contributed by atoms with E-state index in [1.54, 1.807) is 0 Å². The summed E-state index contributed by atoms with van der Waals surface area (Å²) in [6.07, 6.45) is 0.118. The zero-order chi connectivity index (χ0) is 11.8. The van der Waals surface area contributed by atoms with Crippen LogP contribution in [0.25, 0.3) is 0 Å². The highest BCUT2D eigenvalue weighted by atomic mass is 16.5. The molecule has 0 saturated carbocycles. The Balaban J connectivity index is 3.89. The standard InChI is InChI=1S/C9H16N2O4/c1-6(2)4-14-8(12)3-7(10)5-15-9(11)13/h3,6H,4-5,10H2,1-2H3,(H2,11,13)/b7-3-. The van der Waals surface area contributed by atoms with E-state index in [0.717, 1.165) is 6.08 Å². The van der Waals surface area contributed by atoms with Gasteiger partial charge in [0.05, 0.1) is 12.3 Å². The number of amides is 1. The van der Waals surface area contributed by atoms with Gasteiger partial charge in [0.15, 0.2) is 0 Å². The molecule has 1 amide bonds. The molecule has 0 aliphatic carbocycles. The number of esters is 1. The Hall–Kier alpha value is -1.72. The van der Waals surface area contributed by atoms with Crippen molar-refractivity contribution in [1.82, 2.24) is 0 Å². The monoisotopic (exact) mass is 216 g/mol. The summed E-state index contributed by atoms with van der Waals surface area (Å²) >= 11 is 0. The topological polar surface area (TPSA) is 105 Å². The smallest absolute Gasteiger partial charge is 0.404 e. The molecule has 0 rings (SSSR count). The average molecular weight is 216 g/mol. The van der Waals surface area contributed by atoms with Crippen LogP contribution in [0.15, 0.2) is 11.8 Å². The van der Waals surface area contributed by atoms with Crippen LogP contribution in [-0.2, 0) is 14.3 Å². The number of carbonyl (C=O) groups excluding carboxylic acids is 2. The molecular weight excluding hydrogens is 200 g/mol. The van der Waals surface area contributed by atoms with Crippen LogP contribution in [0.1, 0.15) is 13.8 Å². The Kier molecular flexibility index (Phi) is 5.92. The molecule has 0 aliphatic rings. The summed E-state index contributed by atoms with van der Waals surface area (Å²) in [7, 11) is 0. The zero-order valence-electron chi connectivity index (χ0n) is 8.86. The summed E-state index contributed by atoms with van der Waals surface area (Å²) in [5.74, 6) is -0.306. The first-order valence-electron chi connectivity index (χ1n) is 4.47. The molecule has 0 fully saturated rings. The molecule has 0 atom stereocenters. The molecule has 0 bridgehead atoms. The molecular formula is C9H16N2O4.